The molecule has 1 aliphatic heterocycles. The number of carbonyl (C=O) groups excluding carboxylic acids is 1. The van der Waals surface area contributed by atoms with Gasteiger partial charge in [-0.05, 0) is 51.4 Å². The summed E-state index contributed by atoms with van der Waals surface area (Å²) in [6, 6.07) is 0.359. The van der Waals surface area contributed by atoms with E-state index in [0.29, 0.717) is 11.9 Å². The van der Waals surface area contributed by atoms with E-state index in [1.54, 1.807) is 5.57 Å². The van der Waals surface area contributed by atoms with Crippen molar-refractivity contribution in [2.24, 2.45) is 4.99 Å². The van der Waals surface area contributed by atoms with E-state index in [1.165, 1.54) is 25.7 Å². The molecule has 2 N–H and O–H groups in total. The largest absolute Gasteiger partial charge is 0.356 e. The first-order valence-electron chi connectivity index (χ1n) is 9.66. The van der Waals surface area contributed by atoms with Crippen molar-refractivity contribution < 1.29 is 4.79 Å². The Labute approximate surface area is 170 Å². The lowest BCUT2D eigenvalue weighted by Gasteiger charge is -2.27. The van der Waals surface area contributed by atoms with Gasteiger partial charge < -0.3 is 15.5 Å². The van der Waals surface area contributed by atoms with Crippen LogP contribution in [0.2, 0.25) is 0 Å². The number of rotatable bonds is 8. The predicted octanol–water partition coefficient (Wildman–Crippen LogP) is 3.45. The predicted molar refractivity (Wildman–Crippen MR) is 116 cm³/mol. The van der Waals surface area contributed by atoms with Gasteiger partial charge in [0.25, 0.3) is 0 Å². The number of likely N-dealkylation sites (tertiary alicyclic amines) is 1. The average Bonchev–Trinajstić information content (AvgIpc) is 3.04. The van der Waals surface area contributed by atoms with E-state index < -0.39 is 0 Å². The summed E-state index contributed by atoms with van der Waals surface area (Å²) in [6.45, 7) is 4.89. The van der Waals surface area contributed by atoms with Crippen LogP contribution in [0, 0.1) is 0 Å². The van der Waals surface area contributed by atoms with Crippen LogP contribution in [-0.4, -0.2) is 49.5 Å². The van der Waals surface area contributed by atoms with Crippen LogP contribution in [0.3, 0.4) is 0 Å². The third-order valence-corrected chi connectivity index (χ3v) is 5.14. The topological polar surface area (TPSA) is 56.7 Å². The zero-order valence-electron chi connectivity index (χ0n) is 15.9. The quantitative estimate of drug-likeness (QED) is 0.252. The Balaban J connectivity index is 0.00000312. The molecule has 1 atom stereocenters. The van der Waals surface area contributed by atoms with Crippen LogP contribution in [0.1, 0.15) is 64.7 Å². The van der Waals surface area contributed by atoms with E-state index in [2.05, 4.69) is 33.5 Å². The van der Waals surface area contributed by atoms with Gasteiger partial charge in [-0.3, -0.25) is 9.79 Å². The van der Waals surface area contributed by atoms with Crippen molar-refractivity contribution in [1.82, 2.24) is 15.5 Å². The molecule has 0 aromatic carbocycles. The number of amides is 1. The van der Waals surface area contributed by atoms with Gasteiger partial charge in [-0.1, -0.05) is 18.6 Å². The molecule has 1 aliphatic carbocycles. The second kappa shape index (κ2) is 12.5. The van der Waals surface area contributed by atoms with Gasteiger partial charge in [0, 0.05) is 39.1 Å². The fourth-order valence-corrected chi connectivity index (χ4v) is 3.69. The summed E-state index contributed by atoms with van der Waals surface area (Å²) in [5.74, 6) is 1.19. The van der Waals surface area contributed by atoms with E-state index in [0.717, 1.165) is 57.7 Å². The van der Waals surface area contributed by atoms with Crippen LogP contribution in [0.25, 0.3) is 0 Å². The number of nitrogens with zero attached hydrogens (tertiary/aromatic N) is 2. The lowest BCUT2D eigenvalue weighted by atomic mass is 9.97. The number of guanidine groups is 1. The Bertz CT molecular complexity index is 464. The molecular formula is C19H35IN4O. The van der Waals surface area contributed by atoms with E-state index in [9.17, 15) is 4.79 Å². The average molecular weight is 462 g/mol. The normalized spacial score (nSPS) is 19.3. The summed E-state index contributed by atoms with van der Waals surface area (Å²) in [5, 5.41) is 6.80. The molecule has 0 spiro atoms. The molecule has 1 amide bonds. The Morgan fingerprint density at radius 1 is 1.24 bits per heavy atom. The zero-order chi connectivity index (χ0) is 17.2. The maximum Gasteiger partial charge on any atom is 0.222 e. The molecule has 1 heterocycles. The van der Waals surface area contributed by atoms with Gasteiger partial charge in [0.05, 0.1) is 0 Å². The van der Waals surface area contributed by atoms with Crippen molar-refractivity contribution in [2.75, 3.05) is 26.7 Å². The summed E-state index contributed by atoms with van der Waals surface area (Å²) in [4.78, 5) is 18.2. The Kier molecular flexibility index (Phi) is 11.2. The van der Waals surface area contributed by atoms with Gasteiger partial charge in [-0.15, -0.1) is 24.0 Å². The number of hydrogen-bond acceptors (Lipinski definition) is 2. The van der Waals surface area contributed by atoms with Crippen LogP contribution in [0.15, 0.2) is 16.6 Å². The van der Waals surface area contributed by atoms with Crippen molar-refractivity contribution >= 4 is 35.8 Å². The van der Waals surface area contributed by atoms with Gasteiger partial charge in [-0.2, -0.15) is 0 Å². The number of hydrogen-bond donors (Lipinski definition) is 2. The maximum atomic E-state index is 11.9. The summed E-state index contributed by atoms with van der Waals surface area (Å²) in [6.07, 6.45) is 12.4. The van der Waals surface area contributed by atoms with Gasteiger partial charge in [0.15, 0.2) is 5.96 Å². The van der Waals surface area contributed by atoms with Crippen LogP contribution >= 0.6 is 24.0 Å². The molecule has 6 heteroatoms. The smallest absolute Gasteiger partial charge is 0.222 e. The number of allylic oxidation sites excluding steroid dienone is 1. The Hall–Kier alpha value is -0.790. The SMILES string of the molecule is CCC(CCNC(=NC)NCCC1=CCCCC1)N1CCCC1=O.I. The molecule has 0 aromatic heterocycles. The van der Waals surface area contributed by atoms with Crippen molar-refractivity contribution in [1.29, 1.82) is 0 Å². The number of carbonyl (C=O) groups is 1. The summed E-state index contributed by atoms with van der Waals surface area (Å²) in [5.41, 5.74) is 1.59. The molecule has 0 radical (unpaired) electrons. The van der Waals surface area contributed by atoms with Gasteiger partial charge in [0.2, 0.25) is 5.91 Å². The standard InChI is InChI=1S/C19H34N4O.HI/c1-3-17(23-15-7-10-18(23)24)12-14-22-19(20-2)21-13-11-16-8-5-4-6-9-16;/h8,17H,3-7,9-15H2,1-2H3,(H2,20,21,22);1H. The van der Waals surface area contributed by atoms with E-state index in [1.807, 2.05) is 7.05 Å². The minimum Gasteiger partial charge on any atom is -0.356 e. The molecule has 0 saturated carbocycles. The second-order valence-corrected chi connectivity index (χ2v) is 6.83. The maximum absolute atomic E-state index is 11.9. The Morgan fingerprint density at radius 3 is 2.64 bits per heavy atom. The molecule has 5 nitrogen and oxygen atoms in total. The molecule has 144 valence electrons. The van der Waals surface area contributed by atoms with Gasteiger partial charge in [0.1, 0.15) is 0 Å². The summed E-state index contributed by atoms with van der Waals surface area (Å²) >= 11 is 0. The summed E-state index contributed by atoms with van der Waals surface area (Å²) < 4.78 is 0. The first-order chi connectivity index (χ1) is 11.7. The van der Waals surface area contributed by atoms with Crippen molar-refractivity contribution in [3.63, 3.8) is 0 Å². The monoisotopic (exact) mass is 462 g/mol. The van der Waals surface area contributed by atoms with Crippen LogP contribution in [0.5, 0.6) is 0 Å². The van der Waals surface area contributed by atoms with Crippen LogP contribution in [-0.2, 0) is 4.79 Å². The third kappa shape index (κ3) is 7.54. The molecule has 0 bridgehead atoms. The lowest BCUT2D eigenvalue weighted by Crippen LogP contribution is -2.42. The zero-order valence-corrected chi connectivity index (χ0v) is 18.2. The molecule has 1 unspecified atom stereocenters. The molecule has 1 saturated heterocycles. The highest BCUT2D eigenvalue weighted by atomic mass is 127. The van der Waals surface area contributed by atoms with Gasteiger partial charge >= 0.3 is 0 Å². The lowest BCUT2D eigenvalue weighted by molar-refractivity contribution is -0.129. The van der Waals surface area contributed by atoms with E-state index in [-0.39, 0.29) is 24.0 Å². The molecule has 1 fully saturated rings. The van der Waals surface area contributed by atoms with Gasteiger partial charge in [-0.25, -0.2) is 0 Å². The highest BCUT2D eigenvalue weighted by Gasteiger charge is 2.26. The Morgan fingerprint density at radius 2 is 2.04 bits per heavy atom. The first-order valence-corrected chi connectivity index (χ1v) is 9.66. The number of nitrogens with one attached hydrogen (secondary N) is 2. The number of halogens is 1. The van der Waals surface area contributed by atoms with E-state index >= 15 is 0 Å². The number of aliphatic imine (C=N–C) groups is 1. The van der Waals surface area contributed by atoms with Crippen LogP contribution < -0.4 is 10.6 Å². The highest BCUT2D eigenvalue weighted by molar-refractivity contribution is 14.0. The minimum absolute atomic E-state index is 0. The minimum atomic E-state index is 0. The molecular weight excluding hydrogens is 427 g/mol. The van der Waals surface area contributed by atoms with Crippen molar-refractivity contribution in [3.8, 4) is 0 Å². The fraction of sp³-hybridized carbons (Fsp3) is 0.789. The highest BCUT2D eigenvalue weighted by Crippen LogP contribution is 2.19. The van der Waals surface area contributed by atoms with E-state index in [4.69, 9.17) is 0 Å². The van der Waals surface area contributed by atoms with Crippen molar-refractivity contribution in [2.45, 2.75) is 70.8 Å². The van der Waals surface area contributed by atoms with Crippen LogP contribution in [0.4, 0.5) is 0 Å². The second-order valence-electron chi connectivity index (χ2n) is 6.83. The molecule has 0 aromatic rings. The summed E-state index contributed by atoms with van der Waals surface area (Å²) in [7, 11) is 1.82. The third-order valence-electron chi connectivity index (χ3n) is 5.14. The molecule has 2 aliphatic rings. The fourth-order valence-electron chi connectivity index (χ4n) is 3.69. The molecule has 2 rings (SSSR count). The first kappa shape index (κ1) is 22.3. The molecule has 25 heavy (non-hydrogen) atoms. The van der Waals surface area contributed by atoms with Crippen molar-refractivity contribution in [3.05, 3.63) is 11.6 Å².